The summed E-state index contributed by atoms with van der Waals surface area (Å²) in [5.74, 6) is -1.16. The van der Waals surface area contributed by atoms with Gasteiger partial charge in [0, 0.05) is 34.5 Å². The number of hydrogen-bond acceptors (Lipinski definition) is 10. The first kappa shape index (κ1) is 50.1. The molecule has 0 saturated carbocycles. The maximum Gasteiger partial charge on any atom is 1.00 e. The van der Waals surface area contributed by atoms with Gasteiger partial charge in [0.25, 0.3) is 0 Å². The van der Waals surface area contributed by atoms with Crippen molar-refractivity contribution in [1.82, 2.24) is 0 Å². The van der Waals surface area contributed by atoms with Gasteiger partial charge < -0.3 is 79.2 Å². The Labute approximate surface area is 330 Å². The fourth-order valence-electron chi connectivity index (χ4n) is 3.37. The summed E-state index contributed by atoms with van der Waals surface area (Å²) in [6.07, 6.45) is -6.24. The van der Waals surface area contributed by atoms with E-state index >= 15 is 0 Å². The predicted molar refractivity (Wildman–Crippen MR) is 192 cm³/mol. The number of unbranched alkanes of at least 4 members (excludes halogenated alkanes) is 3. The van der Waals surface area contributed by atoms with Crippen LogP contribution in [0.15, 0.2) is 68.5 Å². The van der Waals surface area contributed by atoms with E-state index in [9.17, 15) is 4.79 Å². The van der Waals surface area contributed by atoms with Crippen LogP contribution in [0, 0.1) is 0 Å². The number of nitrogens with one attached hydrogen (secondary N) is 2. The first-order valence-electron chi connectivity index (χ1n) is 14.8. The molecule has 17 N–H and O–H groups in total. The van der Waals surface area contributed by atoms with Crippen molar-refractivity contribution >= 4 is 70.5 Å². The molecule has 2 aromatic carbocycles. The van der Waals surface area contributed by atoms with Gasteiger partial charge in [-0.2, -0.15) is 9.98 Å². The van der Waals surface area contributed by atoms with Crippen molar-refractivity contribution in [2.45, 2.75) is 50.1 Å². The minimum Gasteiger partial charge on any atom is -0.565 e. The third-order valence-electron chi connectivity index (χ3n) is 5.82. The second kappa shape index (κ2) is 28.6. The van der Waals surface area contributed by atoms with Crippen LogP contribution in [0.3, 0.4) is 0 Å². The summed E-state index contributed by atoms with van der Waals surface area (Å²) in [6, 6.07) is 14.1. The average Bonchev–Trinajstić information content (AvgIpc) is 3.06. The third kappa shape index (κ3) is 25.1. The standard InChI is InChI=1S/C22H30Cl2N10.C6H12O7.CH2O3.Na/c23-15-5-9-17(10-6-15)31-21(27)33-19(25)29-13-3-1-2-4-14-30-20(26)34-22(28)32-18-11-7-16(24)8-12-18;7-1-2(8)3(9)4(10)5(11)6(12)13;2-1(3)4;/h5-12H,1-4,13-14H2,(H5,25,27,29,31,33)(H5,26,28,30,32,34);2-5,7-11H,1H2,(H,12,13);(H2,2,3,4);/q;;;+1/p-1/t;2-,3-,4+,5-;;/m.1../s1. The topological polar surface area (TPSA) is 376 Å². The second-order valence-electron chi connectivity index (χ2n) is 9.93. The van der Waals surface area contributed by atoms with Crippen molar-refractivity contribution in [1.29, 1.82) is 0 Å². The van der Waals surface area contributed by atoms with Crippen LogP contribution in [0.4, 0.5) is 16.2 Å². The summed E-state index contributed by atoms with van der Waals surface area (Å²) >= 11 is 11.7. The van der Waals surface area contributed by atoms with Crippen molar-refractivity contribution in [2.75, 3.05) is 30.3 Å². The van der Waals surface area contributed by atoms with E-state index < -0.39 is 43.1 Å². The van der Waals surface area contributed by atoms with Crippen LogP contribution in [0.2, 0.25) is 10.0 Å². The molecule has 2 rings (SSSR count). The van der Waals surface area contributed by atoms with Gasteiger partial charge in [0.1, 0.15) is 18.3 Å². The summed E-state index contributed by atoms with van der Waals surface area (Å²) < 4.78 is 0. The molecule has 0 saturated heterocycles. The van der Waals surface area contributed by atoms with Crippen LogP contribution in [-0.4, -0.2) is 116 Å². The first-order valence-corrected chi connectivity index (χ1v) is 15.5. The minimum atomic E-state index is -2.20. The van der Waals surface area contributed by atoms with Crippen LogP contribution in [-0.2, 0) is 4.79 Å². The van der Waals surface area contributed by atoms with Gasteiger partial charge in [-0.1, -0.05) is 36.0 Å². The van der Waals surface area contributed by atoms with Gasteiger partial charge in [-0.25, -0.2) is 4.79 Å². The van der Waals surface area contributed by atoms with Gasteiger partial charge in [0.15, 0.2) is 6.10 Å². The van der Waals surface area contributed by atoms with Crippen LogP contribution in [0.5, 0.6) is 0 Å². The van der Waals surface area contributed by atoms with E-state index in [0.717, 1.165) is 37.1 Å². The van der Waals surface area contributed by atoms with Gasteiger partial charge in [0.05, 0.1) is 6.61 Å². The maximum absolute atomic E-state index is 10.1. The summed E-state index contributed by atoms with van der Waals surface area (Å²) in [5, 5.41) is 74.2. The number of anilines is 2. The number of benzene rings is 2. The number of halogens is 2. The van der Waals surface area contributed by atoms with Gasteiger partial charge in [-0.05, 0) is 61.4 Å². The van der Waals surface area contributed by atoms with Crippen molar-refractivity contribution in [3.63, 3.8) is 0 Å². The molecule has 0 aliphatic heterocycles. The molecule has 0 aliphatic rings. The van der Waals surface area contributed by atoms with E-state index in [4.69, 9.17) is 91.8 Å². The monoisotopic (exact) mass is 784 g/mol. The molecule has 52 heavy (non-hydrogen) atoms. The van der Waals surface area contributed by atoms with Crippen molar-refractivity contribution < 1.29 is 80.0 Å². The molecule has 0 radical (unpaired) electrons. The number of aliphatic carboxylic acids is 1. The second-order valence-corrected chi connectivity index (χ2v) is 10.8. The molecule has 0 bridgehead atoms. The zero-order valence-corrected chi connectivity index (χ0v) is 31.6. The van der Waals surface area contributed by atoms with Crippen LogP contribution >= 0.6 is 23.2 Å². The third-order valence-corrected chi connectivity index (χ3v) is 6.33. The summed E-state index contributed by atoms with van der Waals surface area (Å²) in [4.78, 5) is 35.0. The number of guanidine groups is 4. The van der Waals surface area contributed by atoms with E-state index in [0.29, 0.717) is 23.1 Å². The Hall–Kier alpha value is -3.96. The largest absolute Gasteiger partial charge is 1.00 e. The van der Waals surface area contributed by atoms with Crippen LogP contribution < -0.4 is 68.2 Å². The zero-order valence-electron chi connectivity index (χ0n) is 28.1. The fourth-order valence-corrected chi connectivity index (χ4v) is 3.62. The number of carboxylic acid groups (broad SMARTS) is 3. The van der Waals surface area contributed by atoms with E-state index in [1.54, 1.807) is 48.5 Å². The van der Waals surface area contributed by atoms with Gasteiger partial charge in [-0.15, -0.1) is 0 Å². The average molecular weight is 786 g/mol. The van der Waals surface area contributed by atoms with Crippen molar-refractivity contribution in [3.05, 3.63) is 58.6 Å². The van der Waals surface area contributed by atoms with Crippen molar-refractivity contribution in [2.24, 2.45) is 42.9 Å². The van der Waals surface area contributed by atoms with Crippen LogP contribution in [0.25, 0.3) is 0 Å². The van der Waals surface area contributed by atoms with Gasteiger partial charge >= 0.3 is 35.5 Å². The fraction of sp³-hybridized carbons (Fsp3) is 0.379. The molecule has 0 aromatic heterocycles. The number of rotatable bonds is 14. The van der Waals surface area contributed by atoms with Crippen molar-refractivity contribution in [3.8, 4) is 0 Å². The Morgan fingerprint density at radius 3 is 1.35 bits per heavy atom. The molecule has 0 amide bonds. The number of aliphatic imine (C=N–C) groups is 4. The molecular weight excluding hydrogens is 742 g/mol. The number of nitrogens with zero attached hydrogens (tertiary/aromatic N) is 4. The van der Waals surface area contributed by atoms with E-state index in [2.05, 4.69) is 30.6 Å². The number of aliphatic hydroxyl groups excluding tert-OH is 5. The molecule has 20 nitrogen and oxygen atoms in total. The molecule has 0 aliphatic carbocycles. The van der Waals surface area contributed by atoms with Gasteiger partial charge in [0.2, 0.25) is 30.0 Å². The molecule has 0 heterocycles. The minimum absolute atomic E-state index is 0. The molecule has 4 atom stereocenters. The Bertz CT molecular complexity index is 1370. The molecule has 284 valence electrons. The number of aliphatic hydroxyl groups is 5. The Morgan fingerprint density at radius 2 is 1.04 bits per heavy atom. The zero-order chi connectivity index (χ0) is 38.9. The molecule has 0 unspecified atom stereocenters. The Kier molecular flexibility index (Phi) is 27.6. The van der Waals surface area contributed by atoms with E-state index in [-0.39, 0.29) is 53.4 Å². The summed E-state index contributed by atoms with van der Waals surface area (Å²) in [7, 11) is 0. The number of carboxylic acids is 1. The number of hydrogen-bond donors (Lipinski definition) is 13. The SMILES string of the molecule is NC(=NCCCCCCN=C(N)N=C(N)Nc1ccc(Cl)cc1)N=C(N)Nc1ccc(Cl)cc1.O=C(O)[C@H](O)[C@@H](O)[C@H](O)[C@H](O)CO.O=C([O-])O.[Na+]. The molecule has 23 heteroatoms. The van der Waals surface area contributed by atoms with E-state index in [1.807, 2.05) is 0 Å². The molecule has 0 fully saturated rings. The predicted octanol–water partition coefficient (Wildman–Crippen LogP) is -4.26. The normalized spacial score (nSPS) is 14.1. The Morgan fingerprint density at radius 1 is 0.692 bits per heavy atom. The smallest absolute Gasteiger partial charge is 0.565 e. The Balaban J connectivity index is 0. The van der Waals surface area contributed by atoms with Gasteiger partial charge in [-0.3, -0.25) is 9.98 Å². The summed E-state index contributed by atoms with van der Waals surface area (Å²) in [6.45, 7) is 0.281. The number of carbonyl (C=O) groups is 2. The molecule has 2 aromatic rings. The maximum atomic E-state index is 10.1. The first-order chi connectivity index (χ1) is 24.0. The summed E-state index contributed by atoms with van der Waals surface area (Å²) in [5.41, 5.74) is 24.8. The van der Waals surface area contributed by atoms with E-state index in [1.165, 1.54) is 0 Å². The molecular formula is C29H43Cl2N10NaO10. The quantitative estimate of drug-likeness (QED) is 0.0373. The molecule has 0 spiro atoms. The van der Waals surface area contributed by atoms with Crippen LogP contribution in [0.1, 0.15) is 25.7 Å². The number of nitrogens with two attached hydrogens (primary N) is 4.